The first-order valence-corrected chi connectivity index (χ1v) is 10.6. The van der Waals surface area contributed by atoms with Crippen molar-refractivity contribution in [2.24, 2.45) is 0 Å². The van der Waals surface area contributed by atoms with Gasteiger partial charge in [0.15, 0.2) is 17.5 Å². The van der Waals surface area contributed by atoms with Crippen LogP contribution in [-0.2, 0) is 0 Å². The van der Waals surface area contributed by atoms with Crippen molar-refractivity contribution in [3.8, 4) is 0 Å². The van der Waals surface area contributed by atoms with E-state index >= 15 is 0 Å². The Morgan fingerprint density at radius 1 is 0.969 bits per heavy atom. The molecule has 4 rings (SSSR count). The molecule has 32 heavy (non-hydrogen) atoms. The molecule has 1 heterocycles. The largest absolute Gasteiger partial charge is 0.377 e. The van der Waals surface area contributed by atoms with Crippen molar-refractivity contribution in [1.82, 2.24) is 10.3 Å². The minimum Gasteiger partial charge on any atom is -0.377 e. The molecule has 3 aromatic rings. The van der Waals surface area contributed by atoms with Gasteiger partial charge in [0.1, 0.15) is 5.82 Å². The van der Waals surface area contributed by atoms with E-state index in [1.165, 1.54) is 0 Å². The maximum absolute atomic E-state index is 13.9. The van der Waals surface area contributed by atoms with Crippen LogP contribution in [0.3, 0.4) is 0 Å². The van der Waals surface area contributed by atoms with Gasteiger partial charge in [0, 0.05) is 43.3 Å². The predicted octanol–water partition coefficient (Wildman–Crippen LogP) is 4.87. The first-order valence-electron chi connectivity index (χ1n) is 10.6. The molecule has 1 amide bonds. The number of aromatic nitrogens is 1. The van der Waals surface area contributed by atoms with E-state index in [1.54, 1.807) is 0 Å². The van der Waals surface area contributed by atoms with E-state index in [1.807, 2.05) is 44.4 Å². The van der Waals surface area contributed by atoms with E-state index < -0.39 is 28.9 Å². The number of nitrogens with zero attached hydrogens (tertiary/aromatic N) is 2. The minimum atomic E-state index is -1.63. The number of hydrogen-bond acceptors (Lipinski definition) is 4. The third-order valence-electron chi connectivity index (χ3n) is 5.87. The second-order valence-electron chi connectivity index (χ2n) is 8.33. The van der Waals surface area contributed by atoms with Gasteiger partial charge in [0.05, 0.1) is 11.1 Å². The van der Waals surface area contributed by atoms with Crippen LogP contribution in [0.1, 0.15) is 36.0 Å². The van der Waals surface area contributed by atoms with E-state index in [0.29, 0.717) is 12.8 Å². The van der Waals surface area contributed by atoms with E-state index in [9.17, 15) is 18.0 Å². The number of fused-ring (bicyclic) bond motifs is 1. The van der Waals surface area contributed by atoms with Crippen molar-refractivity contribution in [3.05, 3.63) is 65.5 Å². The van der Waals surface area contributed by atoms with Gasteiger partial charge >= 0.3 is 0 Å². The van der Waals surface area contributed by atoms with Gasteiger partial charge in [0.25, 0.3) is 5.91 Å². The van der Waals surface area contributed by atoms with Gasteiger partial charge < -0.3 is 15.5 Å². The van der Waals surface area contributed by atoms with Crippen molar-refractivity contribution < 1.29 is 18.0 Å². The molecule has 0 atom stereocenters. The van der Waals surface area contributed by atoms with Crippen LogP contribution in [0.4, 0.5) is 24.7 Å². The number of amides is 1. The minimum absolute atomic E-state index is 0.157. The number of rotatable bonds is 5. The molecule has 1 aromatic heterocycles. The fourth-order valence-corrected chi connectivity index (χ4v) is 4.16. The molecule has 168 valence electrons. The number of pyridine rings is 1. The normalized spacial score (nSPS) is 18.4. The third kappa shape index (κ3) is 4.49. The Labute approximate surface area is 184 Å². The highest BCUT2D eigenvalue weighted by Crippen LogP contribution is 2.29. The van der Waals surface area contributed by atoms with E-state index in [-0.39, 0.29) is 12.1 Å². The number of benzene rings is 2. The molecule has 0 unspecified atom stereocenters. The lowest BCUT2D eigenvalue weighted by Crippen LogP contribution is -2.40. The average Bonchev–Trinajstić information content (AvgIpc) is 2.78. The summed E-state index contributed by atoms with van der Waals surface area (Å²) in [5, 5.41) is 7.31. The Hall–Kier alpha value is -3.29. The fourth-order valence-electron chi connectivity index (χ4n) is 4.16. The van der Waals surface area contributed by atoms with Crippen LogP contribution in [0.5, 0.6) is 0 Å². The van der Waals surface area contributed by atoms with Gasteiger partial charge in [-0.2, -0.15) is 0 Å². The SMILES string of the molecule is CN(C)c1cc(N[C@H]2CC[C@@H](NC(=O)c3ccc(F)c(F)c3F)CC2)nc2ccccc12. The number of anilines is 2. The van der Waals surface area contributed by atoms with Crippen molar-refractivity contribution >= 4 is 28.3 Å². The second-order valence-corrected chi connectivity index (χ2v) is 8.33. The van der Waals surface area contributed by atoms with Crippen molar-refractivity contribution in [3.63, 3.8) is 0 Å². The summed E-state index contributed by atoms with van der Waals surface area (Å²) in [6.45, 7) is 0. The Kier molecular flexibility index (Phi) is 6.21. The van der Waals surface area contributed by atoms with Gasteiger partial charge in [0.2, 0.25) is 0 Å². The second kappa shape index (κ2) is 9.06. The van der Waals surface area contributed by atoms with Gasteiger partial charge in [-0.25, -0.2) is 18.2 Å². The van der Waals surface area contributed by atoms with Crippen molar-refractivity contribution in [2.45, 2.75) is 37.8 Å². The van der Waals surface area contributed by atoms with E-state index in [2.05, 4.69) is 15.5 Å². The molecule has 8 heteroatoms. The predicted molar refractivity (Wildman–Crippen MR) is 120 cm³/mol. The number of halogens is 3. The highest BCUT2D eigenvalue weighted by molar-refractivity contribution is 5.95. The van der Waals surface area contributed by atoms with Crippen LogP contribution >= 0.6 is 0 Å². The summed E-state index contributed by atoms with van der Waals surface area (Å²) in [7, 11) is 3.99. The van der Waals surface area contributed by atoms with Gasteiger partial charge in [-0.15, -0.1) is 0 Å². The first-order chi connectivity index (χ1) is 15.3. The summed E-state index contributed by atoms with van der Waals surface area (Å²) < 4.78 is 40.4. The maximum atomic E-state index is 13.9. The molecular formula is C24H25F3N4O. The molecule has 2 aromatic carbocycles. The molecule has 0 aliphatic heterocycles. The molecule has 0 saturated heterocycles. The number of carbonyl (C=O) groups excluding carboxylic acids is 1. The van der Waals surface area contributed by atoms with E-state index in [4.69, 9.17) is 4.98 Å². The van der Waals surface area contributed by atoms with Crippen LogP contribution in [0.15, 0.2) is 42.5 Å². The Morgan fingerprint density at radius 2 is 1.66 bits per heavy atom. The van der Waals surface area contributed by atoms with Crippen LogP contribution < -0.4 is 15.5 Å². The molecule has 5 nitrogen and oxygen atoms in total. The summed E-state index contributed by atoms with van der Waals surface area (Å²) in [6.07, 6.45) is 2.94. The number of hydrogen-bond donors (Lipinski definition) is 2. The van der Waals surface area contributed by atoms with Crippen LogP contribution in [0, 0.1) is 17.5 Å². The molecular weight excluding hydrogens is 417 g/mol. The molecule has 2 N–H and O–H groups in total. The average molecular weight is 442 g/mol. The highest BCUT2D eigenvalue weighted by Gasteiger charge is 2.25. The third-order valence-corrected chi connectivity index (χ3v) is 5.87. The standard InChI is InChI=1S/C24H25F3N4O/c1-31(2)20-13-21(30-19-6-4-3-5-16(19)20)28-14-7-9-15(10-8-14)29-24(32)17-11-12-18(25)23(27)22(17)26/h3-6,11-15H,7-10H2,1-2H3,(H,28,30)(H,29,32)/t14-,15+. The number of nitrogens with one attached hydrogen (secondary N) is 2. The summed E-state index contributed by atoms with van der Waals surface area (Å²) in [5.41, 5.74) is 1.50. The molecule has 0 radical (unpaired) electrons. The van der Waals surface area contributed by atoms with Gasteiger partial charge in [-0.05, 0) is 43.9 Å². The summed E-state index contributed by atoms with van der Waals surface area (Å²) in [5.74, 6) is -4.35. The maximum Gasteiger partial charge on any atom is 0.254 e. The zero-order valence-corrected chi connectivity index (χ0v) is 18.0. The Morgan fingerprint density at radius 3 is 2.38 bits per heavy atom. The van der Waals surface area contributed by atoms with Crippen LogP contribution in [0.2, 0.25) is 0 Å². The quantitative estimate of drug-likeness (QED) is 0.554. The van der Waals surface area contributed by atoms with E-state index in [0.717, 1.165) is 47.4 Å². The molecule has 1 aliphatic rings. The van der Waals surface area contributed by atoms with Crippen LogP contribution in [-0.4, -0.2) is 37.1 Å². The smallest absolute Gasteiger partial charge is 0.254 e. The first kappa shape index (κ1) is 21.9. The van der Waals surface area contributed by atoms with Gasteiger partial charge in [-0.1, -0.05) is 18.2 Å². The lowest BCUT2D eigenvalue weighted by molar-refractivity contribution is 0.0921. The fraction of sp³-hybridized carbons (Fsp3) is 0.333. The number of carbonyl (C=O) groups is 1. The highest BCUT2D eigenvalue weighted by atomic mass is 19.2. The molecule has 1 saturated carbocycles. The molecule has 0 bridgehead atoms. The lowest BCUT2D eigenvalue weighted by atomic mass is 9.91. The van der Waals surface area contributed by atoms with Crippen molar-refractivity contribution in [2.75, 3.05) is 24.3 Å². The zero-order chi connectivity index (χ0) is 22.8. The monoisotopic (exact) mass is 442 g/mol. The zero-order valence-electron chi connectivity index (χ0n) is 18.0. The summed E-state index contributed by atoms with van der Waals surface area (Å²) in [6, 6.07) is 11.8. The number of para-hydroxylation sites is 1. The topological polar surface area (TPSA) is 57.3 Å². The van der Waals surface area contributed by atoms with Gasteiger partial charge in [-0.3, -0.25) is 4.79 Å². The molecule has 0 spiro atoms. The Bertz CT molecular complexity index is 1140. The van der Waals surface area contributed by atoms with Crippen molar-refractivity contribution in [1.29, 1.82) is 0 Å². The molecule has 1 fully saturated rings. The van der Waals surface area contributed by atoms with Crippen LogP contribution in [0.25, 0.3) is 10.9 Å². The lowest BCUT2D eigenvalue weighted by Gasteiger charge is -2.30. The molecule has 1 aliphatic carbocycles. The summed E-state index contributed by atoms with van der Waals surface area (Å²) >= 11 is 0. The summed E-state index contributed by atoms with van der Waals surface area (Å²) in [4.78, 5) is 19.1. The Balaban J connectivity index is 1.38.